The Hall–Kier alpha value is -1.89. The maximum Gasteiger partial charge on any atom is 2.00 e. The minimum absolute atomic E-state index is 0. The molecule has 0 bridgehead atoms. The fraction of sp³-hybridized carbons (Fsp3) is 0.167. The molecule has 0 heterocycles. The van der Waals surface area contributed by atoms with Gasteiger partial charge in [0.1, 0.15) is 0 Å². The van der Waals surface area contributed by atoms with E-state index in [0.717, 1.165) is 25.7 Å². The SMILES string of the molecule is [C-]1=CC=CC1.[C-]1=CC=CC1.[Ti+2].c1ccc(CCc2ccccc2)cc1. The standard InChI is InChI=1S/C14H14.2C5H5.Ti/c1-3-7-13(8-4-1)11-12-14-9-5-2-6-10-14;2*1-2-4-5-3-1;/h1-10H,11-12H2;2*1-3H,4H2;/q;2*-1;+2. The van der Waals surface area contributed by atoms with E-state index < -0.39 is 0 Å². The van der Waals surface area contributed by atoms with Gasteiger partial charge in [0, 0.05) is 0 Å². The van der Waals surface area contributed by atoms with Crippen molar-refractivity contribution in [2.24, 2.45) is 0 Å². The van der Waals surface area contributed by atoms with Crippen LogP contribution in [0.15, 0.2) is 97.1 Å². The zero-order valence-electron chi connectivity index (χ0n) is 14.6. The largest absolute Gasteiger partial charge is 2.00 e. The molecule has 0 saturated carbocycles. The van der Waals surface area contributed by atoms with Crippen LogP contribution in [0.2, 0.25) is 0 Å². The molecule has 0 nitrogen and oxygen atoms in total. The molecule has 124 valence electrons. The van der Waals surface area contributed by atoms with Crippen LogP contribution in [0.3, 0.4) is 0 Å². The van der Waals surface area contributed by atoms with Crippen molar-refractivity contribution in [1.82, 2.24) is 0 Å². The van der Waals surface area contributed by atoms with Gasteiger partial charge in [0.05, 0.1) is 0 Å². The van der Waals surface area contributed by atoms with Gasteiger partial charge in [0.25, 0.3) is 0 Å². The van der Waals surface area contributed by atoms with Gasteiger partial charge in [-0.15, -0.1) is 12.8 Å². The van der Waals surface area contributed by atoms with Gasteiger partial charge in [-0.25, -0.2) is 24.3 Å². The summed E-state index contributed by atoms with van der Waals surface area (Å²) in [5.41, 5.74) is 2.83. The van der Waals surface area contributed by atoms with Crippen LogP contribution in [-0.4, -0.2) is 0 Å². The van der Waals surface area contributed by atoms with Crippen LogP contribution in [0.1, 0.15) is 24.0 Å². The van der Waals surface area contributed by atoms with E-state index in [4.69, 9.17) is 0 Å². The molecular weight excluding hydrogens is 336 g/mol. The molecular formula is C24H24Ti. The van der Waals surface area contributed by atoms with Crippen molar-refractivity contribution in [2.45, 2.75) is 25.7 Å². The predicted octanol–water partition coefficient (Wildman–Crippen LogP) is 6.08. The van der Waals surface area contributed by atoms with Crippen LogP contribution < -0.4 is 0 Å². The summed E-state index contributed by atoms with van der Waals surface area (Å²) in [4.78, 5) is 0. The first-order valence-corrected chi connectivity index (χ1v) is 8.46. The Balaban J connectivity index is 0.000000233. The van der Waals surface area contributed by atoms with E-state index in [1.165, 1.54) is 11.1 Å². The smallest absolute Gasteiger partial charge is 0.273 e. The summed E-state index contributed by atoms with van der Waals surface area (Å²) >= 11 is 0. The topological polar surface area (TPSA) is 0 Å². The Bertz CT molecular complexity index is 582. The minimum Gasteiger partial charge on any atom is -0.273 e. The van der Waals surface area contributed by atoms with Crippen LogP contribution in [0.5, 0.6) is 0 Å². The first-order valence-electron chi connectivity index (χ1n) is 8.46. The van der Waals surface area contributed by atoms with E-state index in [-0.39, 0.29) is 21.7 Å². The number of hydrogen-bond donors (Lipinski definition) is 0. The van der Waals surface area contributed by atoms with Gasteiger partial charge in [-0.05, 0) is 24.0 Å². The molecule has 0 N–H and O–H groups in total. The van der Waals surface area contributed by atoms with Gasteiger partial charge in [0.2, 0.25) is 0 Å². The number of allylic oxidation sites excluding steroid dienone is 8. The number of rotatable bonds is 3. The number of hydrogen-bond acceptors (Lipinski definition) is 0. The molecule has 0 fully saturated rings. The minimum atomic E-state index is 0. The summed E-state index contributed by atoms with van der Waals surface area (Å²) in [6, 6.07) is 21.2. The molecule has 0 spiro atoms. The quantitative estimate of drug-likeness (QED) is 0.460. The van der Waals surface area contributed by atoms with Crippen molar-refractivity contribution in [3.63, 3.8) is 0 Å². The van der Waals surface area contributed by atoms with Gasteiger partial charge in [0.15, 0.2) is 0 Å². The Labute approximate surface area is 167 Å². The molecule has 2 aliphatic carbocycles. The molecule has 2 aromatic rings. The van der Waals surface area contributed by atoms with Gasteiger partial charge >= 0.3 is 21.7 Å². The first-order chi connectivity index (χ1) is 11.9. The molecule has 1 heteroatoms. The second kappa shape index (κ2) is 14.5. The van der Waals surface area contributed by atoms with Crippen LogP contribution in [0.25, 0.3) is 0 Å². The Morgan fingerprint density at radius 1 is 0.600 bits per heavy atom. The summed E-state index contributed by atoms with van der Waals surface area (Å²) in [7, 11) is 0. The molecule has 0 saturated heterocycles. The Morgan fingerprint density at radius 3 is 1.24 bits per heavy atom. The van der Waals surface area contributed by atoms with Crippen molar-refractivity contribution < 1.29 is 21.7 Å². The predicted molar refractivity (Wildman–Crippen MR) is 103 cm³/mol. The summed E-state index contributed by atoms with van der Waals surface area (Å²) in [5.74, 6) is 0. The summed E-state index contributed by atoms with van der Waals surface area (Å²) in [6.45, 7) is 0. The van der Waals surface area contributed by atoms with Crippen LogP contribution >= 0.6 is 0 Å². The average Bonchev–Trinajstić information content (AvgIpc) is 3.40. The third kappa shape index (κ3) is 10.6. The molecule has 4 rings (SSSR count). The summed E-state index contributed by atoms with van der Waals surface area (Å²) < 4.78 is 0. The van der Waals surface area contributed by atoms with Crippen molar-refractivity contribution in [3.05, 3.63) is 120 Å². The Kier molecular flexibility index (Phi) is 12.2. The molecule has 25 heavy (non-hydrogen) atoms. The maximum absolute atomic E-state index is 2.99. The van der Waals surface area contributed by atoms with Crippen LogP contribution in [0.4, 0.5) is 0 Å². The second-order valence-corrected chi connectivity index (χ2v) is 5.48. The van der Waals surface area contributed by atoms with Gasteiger partial charge < -0.3 is 0 Å². The third-order valence-corrected chi connectivity index (χ3v) is 3.56. The monoisotopic (exact) mass is 360 g/mol. The molecule has 0 amide bonds. The van der Waals surface area contributed by atoms with E-state index in [1.807, 2.05) is 24.3 Å². The average molecular weight is 360 g/mol. The summed E-state index contributed by atoms with van der Waals surface area (Å²) in [5, 5.41) is 0. The van der Waals surface area contributed by atoms with Crippen molar-refractivity contribution in [3.8, 4) is 0 Å². The number of benzene rings is 2. The molecule has 2 aliphatic rings. The molecule has 0 aliphatic heterocycles. The zero-order chi connectivity index (χ0) is 16.7. The second-order valence-electron chi connectivity index (χ2n) is 5.48. The van der Waals surface area contributed by atoms with Gasteiger partial charge in [-0.3, -0.25) is 12.2 Å². The molecule has 0 radical (unpaired) electrons. The normalized spacial score (nSPS) is 12.6. The zero-order valence-corrected chi connectivity index (χ0v) is 16.1. The van der Waals surface area contributed by atoms with Crippen molar-refractivity contribution in [2.75, 3.05) is 0 Å². The fourth-order valence-electron chi connectivity index (χ4n) is 2.26. The Morgan fingerprint density at radius 2 is 1.00 bits per heavy atom. The fourth-order valence-corrected chi connectivity index (χ4v) is 2.26. The van der Waals surface area contributed by atoms with E-state index in [1.54, 1.807) is 0 Å². The number of aryl methyl sites for hydroxylation is 2. The molecule has 0 aromatic heterocycles. The van der Waals surface area contributed by atoms with Crippen molar-refractivity contribution in [1.29, 1.82) is 0 Å². The molecule has 0 atom stereocenters. The maximum atomic E-state index is 2.99. The van der Waals surface area contributed by atoms with E-state index in [0.29, 0.717) is 0 Å². The van der Waals surface area contributed by atoms with Crippen molar-refractivity contribution >= 4 is 0 Å². The van der Waals surface area contributed by atoms with Gasteiger partial charge in [-0.2, -0.15) is 12.2 Å². The summed E-state index contributed by atoms with van der Waals surface area (Å²) in [6.07, 6.45) is 22.3. The van der Waals surface area contributed by atoms with Gasteiger partial charge in [-0.1, -0.05) is 60.7 Å². The molecule has 0 unspecified atom stereocenters. The van der Waals surface area contributed by atoms with E-state index in [9.17, 15) is 0 Å². The molecule has 2 aromatic carbocycles. The van der Waals surface area contributed by atoms with Crippen LogP contribution in [-0.2, 0) is 34.6 Å². The van der Waals surface area contributed by atoms with E-state index >= 15 is 0 Å². The third-order valence-electron chi connectivity index (χ3n) is 3.56. The van der Waals surface area contributed by atoms with Crippen LogP contribution in [0, 0.1) is 12.2 Å². The van der Waals surface area contributed by atoms with E-state index in [2.05, 4.69) is 85.0 Å². The first kappa shape index (κ1) is 21.2.